The summed E-state index contributed by atoms with van der Waals surface area (Å²) in [5, 5.41) is 2.85. The van der Waals surface area contributed by atoms with Crippen LogP contribution in [0.5, 0.6) is 0 Å². The Kier molecular flexibility index (Phi) is 6.62. The molecule has 5 heteroatoms. The molecule has 0 aliphatic heterocycles. The van der Waals surface area contributed by atoms with E-state index in [0.29, 0.717) is 18.2 Å². The zero-order valence-corrected chi connectivity index (χ0v) is 12.2. The molecule has 1 amide bonds. The minimum atomic E-state index is 0.0253. The van der Waals surface area contributed by atoms with Gasteiger partial charge in [-0.1, -0.05) is 28.9 Å². The lowest BCUT2D eigenvalue weighted by Crippen LogP contribution is -2.17. The van der Waals surface area contributed by atoms with Crippen LogP contribution in [-0.4, -0.2) is 24.0 Å². The highest BCUT2D eigenvalue weighted by molar-refractivity contribution is 9.10. The summed E-state index contributed by atoms with van der Waals surface area (Å²) in [5.74, 6) is 1.87. The summed E-state index contributed by atoms with van der Waals surface area (Å²) in [4.78, 5) is 11.6. The molecule has 3 N–H and O–H groups in total. The monoisotopic (exact) mass is 316 g/mol. The van der Waals surface area contributed by atoms with E-state index in [1.807, 2.05) is 24.3 Å². The van der Waals surface area contributed by atoms with E-state index in [-0.39, 0.29) is 5.91 Å². The quantitative estimate of drug-likeness (QED) is 0.848. The number of carbonyl (C=O) groups excluding carboxylic acids is 1. The number of benzene rings is 1. The van der Waals surface area contributed by atoms with Crippen LogP contribution in [0.2, 0.25) is 0 Å². The third-order valence-electron chi connectivity index (χ3n) is 2.15. The molecule has 1 unspecified atom stereocenters. The molecule has 0 aliphatic rings. The van der Waals surface area contributed by atoms with Gasteiger partial charge in [-0.2, -0.15) is 11.8 Å². The van der Waals surface area contributed by atoms with Gasteiger partial charge < -0.3 is 11.1 Å². The van der Waals surface area contributed by atoms with Crippen molar-refractivity contribution in [1.29, 1.82) is 0 Å². The number of halogens is 1. The molecule has 0 spiro atoms. The number of thioether (sulfide) groups is 1. The summed E-state index contributed by atoms with van der Waals surface area (Å²) in [5.41, 5.74) is 6.33. The Hall–Kier alpha value is -0.520. The zero-order valence-electron chi connectivity index (χ0n) is 9.78. The first-order valence-corrected chi connectivity index (χ1v) is 7.40. The predicted octanol–water partition coefficient (Wildman–Crippen LogP) is 2.72. The van der Waals surface area contributed by atoms with Crippen LogP contribution in [0.4, 0.5) is 5.69 Å². The average molecular weight is 317 g/mol. The Morgan fingerprint density at radius 3 is 3.00 bits per heavy atom. The number of nitrogens with two attached hydrogens (primary N) is 1. The van der Waals surface area contributed by atoms with Gasteiger partial charge in [-0.25, -0.2) is 0 Å². The number of hydrogen-bond acceptors (Lipinski definition) is 3. The van der Waals surface area contributed by atoms with Gasteiger partial charge in [0.2, 0.25) is 5.91 Å². The third-order valence-corrected chi connectivity index (χ3v) is 3.91. The summed E-state index contributed by atoms with van der Waals surface area (Å²) < 4.78 is 0.958. The van der Waals surface area contributed by atoms with Gasteiger partial charge in [0.25, 0.3) is 0 Å². The van der Waals surface area contributed by atoms with Gasteiger partial charge in [-0.05, 0) is 36.4 Å². The van der Waals surface area contributed by atoms with Crippen LogP contribution in [0.1, 0.15) is 6.92 Å². The summed E-state index contributed by atoms with van der Waals surface area (Å²) in [6.45, 7) is 2.75. The summed E-state index contributed by atoms with van der Waals surface area (Å²) in [6.07, 6.45) is 0. The van der Waals surface area contributed by atoms with Crippen LogP contribution >= 0.6 is 27.7 Å². The molecule has 1 aromatic rings. The standard InChI is InChI=1S/C12H17BrN2OS/c1-9(6-14)7-17-8-12(16)15-11-4-2-3-10(13)5-11/h2-5,9H,6-8,14H2,1H3,(H,15,16). The van der Waals surface area contributed by atoms with Gasteiger partial charge in [0.05, 0.1) is 5.75 Å². The lowest BCUT2D eigenvalue weighted by atomic mass is 10.2. The summed E-state index contributed by atoms with van der Waals surface area (Å²) >= 11 is 4.98. The molecule has 0 saturated heterocycles. The number of rotatable bonds is 6. The van der Waals surface area contributed by atoms with E-state index in [9.17, 15) is 4.79 Å². The maximum Gasteiger partial charge on any atom is 0.234 e. The SMILES string of the molecule is CC(CN)CSCC(=O)Nc1cccc(Br)c1. The van der Waals surface area contributed by atoms with E-state index in [1.54, 1.807) is 11.8 Å². The number of nitrogens with one attached hydrogen (secondary N) is 1. The van der Waals surface area contributed by atoms with Crippen LogP contribution in [0.15, 0.2) is 28.7 Å². The van der Waals surface area contributed by atoms with E-state index < -0.39 is 0 Å². The molecule has 3 nitrogen and oxygen atoms in total. The largest absolute Gasteiger partial charge is 0.330 e. The van der Waals surface area contributed by atoms with Crippen LogP contribution < -0.4 is 11.1 Å². The molecule has 94 valence electrons. The second kappa shape index (κ2) is 7.74. The molecular weight excluding hydrogens is 300 g/mol. The van der Waals surface area contributed by atoms with Crippen molar-refractivity contribution in [2.75, 3.05) is 23.4 Å². The molecule has 0 fully saturated rings. The highest BCUT2D eigenvalue weighted by Crippen LogP contribution is 2.16. The van der Waals surface area contributed by atoms with Crippen LogP contribution in [0, 0.1) is 5.92 Å². The highest BCUT2D eigenvalue weighted by atomic mass is 79.9. The first kappa shape index (κ1) is 14.5. The molecule has 0 bridgehead atoms. The van der Waals surface area contributed by atoms with Gasteiger partial charge >= 0.3 is 0 Å². The van der Waals surface area contributed by atoms with Crippen molar-refractivity contribution in [3.63, 3.8) is 0 Å². The molecule has 1 rings (SSSR count). The fourth-order valence-corrected chi connectivity index (χ4v) is 2.50. The molecular formula is C12H17BrN2OS. The van der Waals surface area contributed by atoms with Crippen LogP contribution in [0.3, 0.4) is 0 Å². The number of carbonyl (C=O) groups is 1. The Morgan fingerprint density at radius 2 is 2.35 bits per heavy atom. The second-order valence-electron chi connectivity index (χ2n) is 3.91. The van der Waals surface area contributed by atoms with Crippen molar-refractivity contribution in [3.8, 4) is 0 Å². The van der Waals surface area contributed by atoms with Gasteiger partial charge in [0.15, 0.2) is 0 Å². The van der Waals surface area contributed by atoms with Gasteiger partial charge in [0.1, 0.15) is 0 Å². The molecule has 0 heterocycles. The highest BCUT2D eigenvalue weighted by Gasteiger charge is 2.05. The number of amides is 1. The maximum absolute atomic E-state index is 11.6. The van der Waals surface area contributed by atoms with Crippen molar-refractivity contribution >= 4 is 39.3 Å². The van der Waals surface area contributed by atoms with Crippen molar-refractivity contribution in [2.45, 2.75) is 6.92 Å². The Balaban J connectivity index is 2.30. The zero-order chi connectivity index (χ0) is 12.7. The summed E-state index contributed by atoms with van der Waals surface area (Å²) in [7, 11) is 0. The molecule has 1 aromatic carbocycles. The van der Waals surface area contributed by atoms with E-state index in [4.69, 9.17) is 5.73 Å². The average Bonchev–Trinajstić information content (AvgIpc) is 2.28. The normalized spacial score (nSPS) is 12.2. The smallest absolute Gasteiger partial charge is 0.234 e. The minimum Gasteiger partial charge on any atom is -0.330 e. The lowest BCUT2D eigenvalue weighted by Gasteiger charge is -2.08. The van der Waals surface area contributed by atoms with Crippen molar-refractivity contribution in [3.05, 3.63) is 28.7 Å². The van der Waals surface area contributed by atoms with Crippen LogP contribution in [-0.2, 0) is 4.79 Å². The molecule has 0 radical (unpaired) electrons. The lowest BCUT2D eigenvalue weighted by molar-refractivity contribution is -0.113. The van der Waals surface area contributed by atoms with Crippen molar-refractivity contribution in [2.24, 2.45) is 11.7 Å². The molecule has 0 aliphatic carbocycles. The maximum atomic E-state index is 11.6. The topological polar surface area (TPSA) is 55.1 Å². The van der Waals surface area contributed by atoms with E-state index >= 15 is 0 Å². The van der Waals surface area contributed by atoms with Crippen molar-refractivity contribution < 1.29 is 4.79 Å². The number of hydrogen-bond donors (Lipinski definition) is 2. The van der Waals surface area contributed by atoms with E-state index in [1.165, 1.54) is 0 Å². The first-order chi connectivity index (χ1) is 8.11. The second-order valence-corrected chi connectivity index (χ2v) is 5.86. The Morgan fingerprint density at radius 1 is 1.59 bits per heavy atom. The Bertz CT molecular complexity index is 373. The fourth-order valence-electron chi connectivity index (χ4n) is 1.18. The predicted molar refractivity (Wildman–Crippen MR) is 78.3 cm³/mol. The Labute approximate surface area is 115 Å². The van der Waals surface area contributed by atoms with Gasteiger partial charge in [-0.3, -0.25) is 4.79 Å². The summed E-state index contributed by atoms with van der Waals surface area (Å²) in [6, 6.07) is 7.57. The van der Waals surface area contributed by atoms with Crippen LogP contribution in [0.25, 0.3) is 0 Å². The number of anilines is 1. The van der Waals surface area contributed by atoms with Gasteiger partial charge in [0, 0.05) is 10.2 Å². The first-order valence-electron chi connectivity index (χ1n) is 5.45. The van der Waals surface area contributed by atoms with E-state index in [0.717, 1.165) is 15.9 Å². The van der Waals surface area contributed by atoms with Gasteiger partial charge in [-0.15, -0.1) is 0 Å². The van der Waals surface area contributed by atoms with Crippen molar-refractivity contribution in [1.82, 2.24) is 0 Å². The van der Waals surface area contributed by atoms with E-state index in [2.05, 4.69) is 28.2 Å². The minimum absolute atomic E-state index is 0.0253. The fraction of sp³-hybridized carbons (Fsp3) is 0.417. The molecule has 1 atom stereocenters. The third kappa shape index (κ3) is 6.10. The molecule has 0 aromatic heterocycles. The molecule has 17 heavy (non-hydrogen) atoms. The molecule has 0 saturated carbocycles.